The molecule has 182 valence electrons. The van der Waals surface area contributed by atoms with Crippen molar-refractivity contribution >= 4 is 34.9 Å². The van der Waals surface area contributed by atoms with E-state index in [1.807, 2.05) is 0 Å². The second kappa shape index (κ2) is 9.28. The van der Waals surface area contributed by atoms with Crippen molar-refractivity contribution in [2.24, 2.45) is 5.16 Å². The van der Waals surface area contributed by atoms with Crippen LogP contribution in [0.2, 0.25) is 0 Å². The number of fused-ring (bicyclic) bond motifs is 2. The van der Waals surface area contributed by atoms with E-state index in [0.717, 1.165) is 18.4 Å². The Balaban J connectivity index is 1.20. The molecule has 2 amide bonds. The highest BCUT2D eigenvalue weighted by atomic mass is 16.7. The van der Waals surface area contributed by atoms with Gasteiger partial charge in [-0.15, -0.1) is 0 Å². The van der Waals surface area contributed by atoms with Gasteiger partial charge in [0.25, 0.3) is 11.8 Å². The average molecular weight is 479 g/mol. The summed E-state index contributed by atoms with van der Waals surface area (Å²) in [6, 6.07) is 12.5. The van der Waals surface area contributed by atoms with Gasteiger partial charge in [-0.05, 0) is 50.1 Å². The highest BCUT2D eigenvalue weighted by molar-refractivity contribution is 6.15. The normalized spacial score (nSPS) is 17.7. The van der Waals surface area contributed by atoms with Crippen LogP contribution in [0.15, 0.2) is 47.6 Å². The molecule has 2 aliphatic heterocycles. The summed E-state index contributed by atoms with van der Waals surface area (Å²) in [5.74, 6) is -0.129. The molecule has 10 nitrogen and oxygen atoms in total. The molecule has 1 fully saturated rings. The number of esters is 1. The molecule has 0 unspecified atom stereocenters. The first-order valence-corrected chi connectivity index (χ1v) is 11.4. The summed E-state index contributed by atoms with van der Waals surface area (Å²) in [7, 11) is 0. The Labute approximate surface area is 201 Å². The lowest BCUT2D eigenvalue weighted by Gasteiger charge is -2.44. The minimum Gasteiger partial charge on any atom is -0.454 e. The molecule has 0 atom stereocenters. The number of benzene rings is 2. The minimum atomic E-state index is -0.958. The molecule has 0 aromatic heterocycles. The van der Waals surface area contributed by atoms with Gasteiger partial charge in [-0.2, -0.15) is 0 Å². The number of para-hydroxylation sites is 2. The fourth-order valence-electron chi connectivity index (χ4n) is 4.73. The number of carbonyl (C=O) groups is 3. The van der Waals surface area contributed by atoms with Gasteiger partial charge in [0.05, 0.1) is 17.1 Å². The summed E-state index contributed by atoms with van der Waals surface area (Å²) in [6.07, 6.45) is 2.80. The average Bonchev–Trinajstić information content (AvgIpc) is 3.53. The fourth-order valence-corrected chi connectivity index (χ4v) is 4.73. The summed E-state index contributed by atoms with van der Waals surface area (Å²) in [5.41, 5.74) is 1.50. The molecule has 10 heteroatoms. The van der Waals surface area contributed by atoms with Crippen molar-refractivity contribution in [2.75, 3.05) is 30.2 Å². The van der Waals surface area contributed by atoms with Crippen molar-refractivity contribution in [2.45, 2.75) is 38.1 Å². The Bertz CT molecular complexity index is 1200. The predicted octanol–water partition coefficient (Wildman–Crippen LogP) is 3.00. The number of carbonyl (C=O) groups excluding carboxylic acids is 3. The molecule has 0 radical (unpaired) electrons. The largest absolute Gasteiger partial charge is 0.454 e. The van der Waals surface area contributed by atoms with E-state index in [9.17, 15) is 14.4 Å². The first kappa shape index (κ1) is 22.7. The zero-order chi connectivity index (χ0) is 24.4. The van der Waals surface area contributed by atoms with Crippen LogP contribution in [0.5, 0.6) is 11.5 Å². The van der Waals surface area contributed by atoms with Crippen LogP contribution in [0.3, 0.4) is 0 Å². The Morgan fingerprint density at radius 2 is 1.86 bits per heavy atom. The number of rotatable bonds is 6. The van der Waals surface area contributed by atoms with Crippen LogP contribution in [-0.4, -0.2) is 49.0 Å². The van der Waals surface area contributed by atoms with E-state index < -0.39 is 30.6 Å². The molecule has 5 rings (SSSR count). The number of amides is 2. The van der Waals surface area contributed by atoms with Gasteiger partial charge in [0.1, 0.15) is 5.54 Å². The van der Waals surface area contributed by atoms with E-state index in [-0.39, 0.29) is 12.7 Å². The van der Waals surface area contributed by atoms with Gasteiger partial charge < -0.3 is 24.4 Å². The third kappa shape index (κ3) is 4.27. The van der Waals surface area contributed by atoms with Crippen molar-refractivity contribution in [1.29, 1.82) is 0 Å². The number of nitrogens with zero attached hydrogens (tertiary/aromatic N) is 2. The van der Waals surface area contributed by atoms with Crippen LogP contribution in [0.25, 0.3) is 0 Å². The van der Waals surface area contributed by atoms with Crippen LogP contribution in [0, 0.1) is 0 Å². The van der Waals surface area contributed by atoms with E-state index in [2.05, 4.69) is 10.5 Å². The second-order valence-electron chi connectivity index (χ2n) is 8.62. The molecule has 0 saturated heterocycles. The monoisotopic (exact) mass is 479 g/mol. The Morgan fingerprint density at radius 1 is 1.09 bits per heavy atom. The van der Waals surface area contributed by atoms with Gasteiger partial charge in [0.15, 0.2) is 18.1 Å². The van der Waals surface area contributed by atoms with Crippen LogP contribution < -0.4 is 19.7 Å². The van der Waals surface area contributed by atoms with E-state index in [0.29, 0.717) is 41.4 Å². The Kier molecular flexibility index (Phi) is 6.02. The minimum absolute atomic E-state index is 0.171. The fraction of sp³-hybridized carbons (Fsp3) is 0.360. The molecule has 1 saturated carbocycles. The van der Waals surface area contributed by atoms with Gasteiger partial charge >= 0.3 is 5.97 Å². The van der Waals surface area contributed by atoms with Crippen molar-refractivity contribution in [3.05, 3.63) is 48.0 Å². The van der Waals surface area contributed by atoms with Gasteiger partial charge in [-0.1, -0.05) is 30.1 Å². The summed E-state index contributed by atoms with van der Waals surface area (Å²) in [5, 5.41) is 6.86. The second-order valence-corrected chi connectivity index (χ2v) is 8.62. The lowest BCUT2D eigenvalue weighted by atomic mass is 9.90. The van der Waals surface area contributed by atoms with E-state index >= 15 is 0 Å². The summed E-state index contributed by atoms with van der Waals surface area (Å²) < 4.78 is 15.8. The van der Waals surface area contributed by atoms with E-state index in [1.54, 1.807) is 49.4 Å². The third-order valence-corrected chi connectivity index (χ3v) is 6.45. The molecule has 1 aliphatic carbocycles. The molecule has 0 bridgehead atoms. The quantitative estimate of drug-likeness (QED) is 0.385. The standard InChI is InChI=1S/C25H25N3O7/c1-16(17-8-9-20-21(12-17)34-15-33-20)27-35-14-23(30)32-13-22(29)28-19-7-3-2-6-18(19)26-24(31)25(28)10-4-5-11-25/h2-3,6-9,12H,4-5,10-11,13-15H2,1H3,(H,26,31)/b27-16-. The number of nitrogens with one attached hydrogen (secondary N) is 1. The number of ether oxygens (including phenoxy) is 3. The predicted molar refractivity (Wildman–Crippen MR) is 125 cm³/mol. The van der Waals surface area contributed by atoms with Crippen molar-refractivity contribution in [3.63, 3.8) is 0 Å². The van der Waals surface area contributed by atoms with Crippen molar-refractivity contribution in [1.82, 2.24) is 0 Å². The summed E-state index contributed by atoms with van der Waals surface area (Å²) >= 11 is 0. The van der Waals surface area contributed by atoms with Gasteiger partial charge in [-0.25, -0.2) is 4.79 Å². The first-order chi connectivity index (χ1) is 17.0. The third-order valence-electron chi connectivity index (χ3n) is 6.45. The highest BCUT2D eigenvalue weighted by Gasteiger charge is 2.52. The SMILES string of the molecule is C/C(=N/OCC(=O)OCC(=O)N1c2ccccc2NC(=O)C12CCCC2)c1ccc2c(c1)OCO2. The van der Waals surface area contributed by atoms with Crippen LogP contribution >= 0.6 is 0 Å². The molecular weight excluding hydrogens is 454 g/mol. The molecule has 2 aromatic rings. The zero-order valence-corrected chi connectivity index (χ0v) is 19.2. The Hall–Kier alpha value is -4.08. The molecular formula is C25H25N3O7. The van der Waals surface area contributed by atoms with Gasteiger partial charge in [0.2, 0.25) is 13.4 Å². The number of hydrogen-bond donors (Lipinski definition) is 1. The molecule has 1 spiro atoms. The number of hydrogen-bond acceptors (Lipinski definition) is 8. The van der Waals surface area contributed by atoms with Crippen molar-refractivity contribution in [3.8, 4) is 11.5 Å². The van der Waals surface area contributed by atoms with Crippen molar-refractivity contribution < 1.29 is 33.4 Å². The highest BCUT2D eigenvalue weighted by Crippen LogP contribution is 2.45. The lowest BCUT2D eigenvalue weighted by molar-refractivity contribution is -0.152. The first-order valence-electron chi connectivity index (χ1n) is 11.4. The van der Waals surface area contributed by atoms with E-state index in [4.69, 9.17) is 19.0 Å². The topological polar surface area (TPSA) is 116 Å². The maximum absolute atomic E-state index is 13.2. The summed E-state index contributed by atoms with van der Waals surface area (Å²) in [6.45, 7) is 0.935. The molecule has 1 N–H and O–H groups in total. The molecule has 2 aromatic carbocycles. The van der Waals surface area contributed by atoms with Crippen LogP contribution in [0.1, 0.15) is 38.2 Å². The maximum Gasteiger partial charge on any atom is 0.347 e. The number of anilines is 2. The molecule has 35 heavy (non-hydrogen) atoms. The van der Waals surface area contributed by atoms with Gasteiger partial charge in [-0.3, -0.25) is 14.5 Å². The zero-order valence-electron chi connectivity index (χ0n) is 19.2. The van der Waals surface area contributed by atoms with Gasteiger partial charge in [0, 0.05) is 5.56 Å². The maximum atomic E-state index is 13.2. The Morgan fingerprint density at radius 3 is 2.69 bits per heavy atom. The number of oxime groups is 1. The summed E-state index contributed by atoms with van der Waals surface area (Å²) in [4.78, 5) is 45.0. The van der Waals surface area contributed by atoms with Crippen LogP contribution in [0.4, 0.5) is 11.4 Å². The molecule has 3 aliphatic rings. The van der Waals surface area contributed by atoms with Crippen LogP contribution in [-0.2, 0) is 24.0 Å². The smallest absolute Gasteiger partial charge is 0.347 e. The molecule has 2 heterocycles. The lowest BCUT2D eigenvalue weighted by Crippen LogP contribution is -2.61. The van der Waals surface area contributed by atoms with E-state index in [1.165, 1.54) is 4.90 Å².